The molecule has 1 amide bonds. The van der Waals surface area contributed by atoms with E-state index in [0.717, 1.165) is 0 Å². The van der Waals surface area contributed by atoms with Crippen molar-refractivity contribution in [3.63, 3.8) is 0 Å². The highest BCUT2D eigenvalue weighted by atomic mass is 19.1. The molecule has 2 rings (SSSR count). The molecule has 2 aromatic carbocycles. The van der Waals surface area contributed by atoms with Crippen molar-refractivity contribution < 1.29 is 13.6 Å². The molecule has 0 aromatic heterocycles. The fourth-order valence-corrected chi connectivity index (χ4v) is 1.60. The SMILES string of the molecule is CN(C(=O)c1ccccc1F)c1ccc(F)cc1. The molecule has 0 bridgehead atoms. The smallest absolute Gasteiger partial charge is 0.260 e. The van der Waals surface area contributed by atoms with E-state index in [2.05, 4.69) is 0 Å². The van der Waals surface area contributed by atoms with Crippen LogP contribution in [0.2, 0.25) is 0 Å². The Kier molecular flexibility index (Phi) is 3.37. The molecule has 4 heteroatoms. The molecule has 2 aromatic rings. The Labute approximate surface area is 103 Å². The summed E-state index contributed by atoms with van der Waals surface area (Å²) < 4.78 is 26.2. The summed E-state index contributed by atoms with van der Waals surface area (Å²) in [6, 6.07) is 11.2. The lowest BCUT2D eigenvalue weighted by Gasteiger charge is -2.17. The van der Waals surface area contributed by atoms with E-state index in [9.17, 15) is 13.6 Å². The summed E-state index contributed by atoms with van der Waals surface area (Å²) in [5, 5.41) is 0. The molecule has 18 heavy (non-hydrogen) atoms. The van der Waals surface area contributed by atoms with E-state index in [1.54, 1.807) is 6.07 Å². The molecule has 0 aliphatic carbocycles. The van der Waals surface area contributed by atoms with Gasteiger partial charge in [-0.15, -0.1) is 0 Å². The molecule has 92 valence electrons. The molecule has 0 spiro atoms. The maximum atomic E-state index is 13.5. The van der Waals surface area contributed by atoms with Crippen molar-refractivity contribution >= 4 is 11.6 Å². The summed E-state index contributed by atoms with van der Waals surface area (Å²) in [6.07, 6.45) is 0. The van der Waals surface area contributed by atoms with Gasteiger partial charge in [-0.2, -0.15) is 0 Å². The fraction of sp³-hybridized carbons (Fsp3) is 0.0714. The number of nitrogens with zero attached hydrogens (tertiary/aromatic N) is 1. The monoisotopic (exact) mass is 247 g/mol. The summed E-state index contributed by atoms with van der Waals surface area (Å²) in [7, 11) is 1.52. The number of halogens is 2. The van der Waals surface area contributed by atoms with Gasteiger partial charge in [-0.25, -0.2) is 8.78 Å². The Bertz CT molecular complexity index is 566. The first-order chi connectivity index (χ1) is 8.59. The van der Waals surface area contributed by atoms with E-state index in [4.69, 9.17) is 0 Å². The van der Waals surface area contributed by atoms with Gasteiger partial charge < -0.3 is 4.90 Å². The van der Waals surface area contributed by atoms with Crippen LogP contribution in [0.15, 0.2) is 48.5 Å². The van der Waals surface area contributed by atoms with Crippen LogP contribution < -0.4 is 4.90 Å². The first-order valence-corrected chi connectivity index (χ1v) is 5.38. The second kappa shape index (κ2) is 4.96. The molecule has 0 aliphatic heterocycles. The minimum Gasteiger partial charge on any atom is -0.311 e. The summed E-state index contributed by atoms with van der Waals surface area (Å²) in [5.74, 6) is -1.43. The van der Waals surface area contributed by atoms with Crippen molar-refractivity contribution in [2.24, 2.45) is 0 Å². The van der Waals surface area contributed by atoms with Crippen LogP contribution in [0.4, 0.5) is 14.5 Å². The van der Waals surface area contributed by atoms with E-state index in [1.165, 1.54) is 54.4 Å². The lowest BCUT2D eigenvalue weighted by molar-refractivity contribution is 0.0989. The fourth-order valence-electron chi connectivity index (χ4n) is 1.60. The molecule has 0 saturated heterocycles. The first kappa shape index (κ1) is 12.2. The van der Waals surface area contributed by atoms with Gasteiger partial charge in [-0.05, 0) is 36.4 Å². The molecule has 2 nitrogen and oxygen atoms in total. The molecule has 0 aliphatic rings. The van der Waals surface area contributed by atoms with Crippen LogP contribution in [0, 0.1) is 11.6 Å². The van der Waals surface area contributed by atoms with Gasteiger partial charge in [-0.3, -0.25) is 4.79 Å². The van der Waals surface area contributed by atoms with E-state index in [0.29, 0.717) is 5.69 Å². The van der Waals surface area contributed by atoms with Gasteiger partial charge in [0.15, 0.2) is 0 Å². The topological polar surface area (TPSA) is 20.3 Å². The van der Waals surface area contributed by atoms with Crippen molar-refractivity contribution in [1.29, 1.82) is 0 Å². The van der Waals surface area contributed by atoms with Crippen LogP contribution in [0.25, 0.3) is 0 Å². The Morgan fingerprint density at radius 2 is 1.61 bits per heavy atom. The zero-order chi connectivity index (χ0) is 13.1. The number of benzene rings is 2. The molecule has 0 fully saturated rings. The summed E-state index contributed by atoms with van der Waals surface area (Å²) in [4.78, 5) is 13.3. The van der Waals surface area contributed by atoms with Gasteiger partial charge in [0.2, 0.25) is 0 Å². The van der Waals surface area contributed by atoms with E-state index in [-0.39, 0.29) is 11.4 Å². The summed E-state index contributed by atoms with van der Waals surface area (Å²) in [6.45, 7) is 0. The van der Waals surface area contributed by atoms with Crippen molar-refractivity contribution in [2.45, 2.75) is 0 Å². The number of carbonyl (C=O) groups is 1. The maximum Gasteiger partial charge on any atom is 0.260 e. The number of hydrogen-bond acceptors (Lipinski definition) is 1. The molecule has 0 N–H and O–H groups in total. The zero-order valence-electron chi connectivity index (χ0n) is 9.73. The maximum absolute atomic E-state index is 13.5. The van der Waals surface area contributed by atoms with Gasteiger partial charge in [0, 0.05) is 12.7 Å². The average Bonchev–Trinajstić information content (AvgIpc) is 2.38. The first-order valence-electron chi connectivity index (χ1n) is 5.38. The number of amides is 1. The molecular weight excluding hydrogens is 236 g/mol. The van der Waals surface area contributed by atoms with Crippen molar-refractivity contribution in [1.82, 2.24) is 0 Å². The highest BCUT2D eigenvalue weighted by molar-refractivity contribution is 6.05. The van der Waals surface area contributed by atoms with Crippen LogP contribution in [0.5, 0.6) is 0 Å². The van der Waals surface area contributed by atoms with Crippen molar-refractivity contribution in [2.75, 3.05) is 11.9 Å². The molecule has 0 saturated carbocycles. The second-order valence-corrected chi connectivity index (χ2v) is 3.82. The minimum absolute atomic E-state index is 0.00988. The molecular formula is C14H11F2NO. The van der Waals surface area contributed by atoms with E-state index >= 15 is 0 Å². The number of anilines is 1. The molecule has 0 heterocycles. The Morgan fingerprint density at radius 3 is 2.22 bits per heavy atom. The third-order valence-electron chi connectivity index (χ3n) is 2.62. The summed E-state index contributed by atoms with van der Waals surface area (Å²) in [5.41, 5.74) is 0.494. The standard InChI is InChI=1S/C14H11F2NO/c1-17(11-8-6-10(15)7-9-11)14(18)12-4-2-3-5-13(12)16/h2-9H,1H3. The number of hydrogen-bond donors (Lipinski definition) is 0. The highest BCUT2D eigenvalue weighted by Crippen LogP contribution is 2.17. The molecule has 0 unspecified atom stereocenters. The van der Waals surface area contributed by atoms with Crippen LogP contribution in [-0.4, -0.2) is 13.0 Å². The minimum atomic E-state index is -0.573. The largest absolute Gasteiger partial charge is 0.311 e. The van der Waals surface area contributed by atoms with E-state index < -0.39 is 11.7 Å². The normalized spacial score (nSPS) is 10.2. The third kappa shape index (κ3) is 2.37. The second-order valence-electron chi connectivity index (χ2n) is 3.82. The van der Waals surface area contributed by atoms with Gasteiger partial charge in [-0.1, -0.05) is 12.1 Å². The van der Waals surface area contributed by atoms with Gasteiger partial charge in [0.1, 0.15) is 11.6 Å². The Balaban J connectivity index is 2.29. The van der Waals surface area contributed by atoms with Crippen molar-refractivity contribution in [3.8, 4) is 0 Å². The van der Waals surface area contributed by atoms with Crippen LogP contribution in [0.3, 0.4) is 0 Å². The highest BCUT2D eigenvalue weighted by Gasteiger charge is 2.16. The lowest BCUT2D eigenvalue weighted by atomic mass is 10.1. The average molecular weight is 247 g/mol. The zero-order valence-corrected chi connectivity index (χ0v) is 9.73. The van der Waals surface area contributed by atoms with Gasteiger partial charge in [0.05, 0.1) is 5.56 Å². The molecule has 0 radical (unpaired) electrons. The van der Waals surface area contributed by atoms with Gasteiger partial charge in [0.25, 0.3) is 5.91 Å². The Morgan fingerprint density at radius 1 is 1.00 bits per heavy atom. The predicted octanol–water partition coefficient (Wildman–Crippen LogP) is 3.24. The van der Waals surface area contributed by atoms with Crippen LogP contribution in [0.1, 0.15) is 10.4 Å². The predicted molar refractivity (Wildman–Crippen MR) is 65.5 cm³/mol. The third-order valence-corrected chi connectivity index (χ3v) is 2.62. The Hall–Kier alpha value is -2.23. The lowest BCUT2D eigenvalue weighted by Crippen LogP contribution is -2.27. The molecule has 0 atom stereocenters. The van der Waals surface area contributed by atoms with Gasteiger partial charge >= 0.3 is 0 Å². The van der Waals surface area contributed by atoms with Crippen molar-refractivity contribution in [3.05, 3.63) is 65.7 Å². The quantitative estimate of drug-likeness (QED) is 0.797. The van der Waals surface area contributed by atoms with E-state index in [1.807, 2.05) is 0 Å². The van der Waals surface area contributed by atoms with Crippen LogP contribution >= 0.6 is 0 Å². The van der Waals surface area contributed by atoms with Crippen LogP contribution in [-0.2, 0) is 0 Å². The number of rotatable bonds is 2. The number of carbonyl (C=O) groups excluding carboxylic acids is 1. The summed E-state index contributed by atoms with van der Waals surface area (Å²) >= 11 is 0.